The van der Waals surface area contributed by atoms with Gasteiger partial charge in [-0.15, -0.1) is 0 Å². The highest BCUT2D eigenvalue weighted by atomic mass is 79.9. The molecule has 0 saturated carbocycles. The first-order chi connectivity index (χ1) is 8.55. The number of aliphatic hydroxyl groups is 2. The third-order valence-corrected chi connectivity index (χ3v) is 4.22. The number of hydrogen-bond acceptors (Lipinski definition) is 2. The largest absolute Gasteiger partial charge is 1.00 e. The molecule has 4 heteroatoms. The first-order valence-corrected chi connectivity index (χ1v) is 6.76. The predicted octanol–water partition coefficient (Wildman–Crippen LogP) is -1.46. The highest BCUT2D eigenvalue weighted by Gasteiger charge is 2.38. The average Bonchev–Trinajstić information content (AvgIpc) is 2.36. The molecule has 0 amide bonds. The van der Waals surface area contributed by atoms with Gasteiger partial charge in [-0.3, -0.25) is 0 Å². The molecule has 1 fully saturated rings. The van der Waals surface area contributed by atoms with Crippen LogP contribution in [-0.2, 0) is 6.54 Å². The van der Waals surface area contributed by atoms with Crippen LogP contribution in [0.3, 0.4) is 0 Å². The van der Waals surface area contributed by atoms with Crippen molar-refractivity contribution in [2.24, 2.45) is 0 Å². The summed E-state index contributed by atoms with van der Waals surface area (Å²) >= 11 is 0. The van der Waals surface area contributed by atoms with E-state index in [4.69, 9.17) is 5.11 Å². The molecule has 108 valence electrons. The van der Waals surface area contributed by atoms with E-state index >= 15 is 0 Å². The molecule has 0 spiro atoms. The minimum absolute atomic E-state index is 0. The molecular formula is C15H24BrNO2. The second-order valence-corrected chi connectivity index (χ2v) is 5.91. The average molecular weight is 330 g/mol. The van der Waals surface area contributed by atoms with Crippen molar-refractivity contribution >= 4 is 0 Å². The van der Waals surface area contributed by atoms with Crippen molar-refractivity contribution in [1.82, 2.24) is 0 Å². The Morgan fingerprint density at radius 2 is 1.74 bits per heavy atom. The first kappa shape index (κ1) is 16.6. The van der Waals surface area contributed by atoms with E-state index in [-0.39, 0.29) is 23.6 Å². The van der Waals surface area contributed by atoms with Gasteiger partial charge in [0.15, 0.2) is 0 Å². The highest BCUT2D eigenvalue weighted by molar-refractivity contribution is 5.13. The van der Waals surface area contributed by atoms with Gasteiger partial charge in [0.1, 0.15) is 6.54 Å². The van der Waals surface area contributed by atoms with Crippen molar-refractivity contribution in [3.8, 4) is 0 Å². The molecule has 1 aromatic rings. The van der Waals surface area contributed by atoms with Crippen molar-refractivity contribution in [2.75, 3.05) is 26.7 Å². The maximum Gasteiger partial charge on any atom is 0.104 e. The minimum atomic E-state index is -0.636. The smallest absolute Gasteiger partial charge is 0.104 e. The lowest BCUT2D eigenvalue weighted by molar-refractivity contribution is -0.929. The molecule has 2 rings (SSSR count). The van der Waals surface area contributed by atoms with Gasteiger partial charge in [-0.1, -0.05) is 30.3 Å². The fourth-order valence-corrected chi connectivity index (χ4v) is 2.83. The van der Waals surface area contributed by atoms with Crippen LogP contribution in [-0.4, -0.2) is 47.0 Å². The van der Waals surface area contributed by atoms with E-state index in [2.05, 4.69) is 31.3 Å². The molecule has 1 heterocycles. The number of aliphatic hydroxyl groups excluding tert-OH is 1. The summed E-state index contributed by atoms with van der Waals surface area (Å²) in [7, 11) is 2.26. The second-order valence-electron chi connectivity index (χ2n) is 5.91. The zero-order valence-electron chi connectivity index (χ0n) is 11.6. The molecule has 0 unspecified atom stereocenters. The summed E-state index contributed by atoms with van der Waals surface area (Å²) < 4.78 is 0.984. The van der Waals surface area contributed by atoms with Gasteiger partial charge in [-0.2, -0.15) is 0 Å². The zero-order valence-corrected chi connectivity index (χ0v) is 13.1. The van der Waals surface area contributed by atoms with Gasteiger partial charge < -0.3 is 31.7 Å². The van der Waals surface area contributed by atoms with Gasteiger partial charge in [0.05, 0.1) is 25.7 Å². The first-order valence-electron chi connectivity index (χ1n) is 6.76. The van der Waals surface area contributed by atoms with Gasteiger partial charge in [-0.05, 0) is 6.42 Å². The molecule has 0 bridgehead atoms. The Labute approximate surface area is 126 Å². The Kier molecular flexibility index (Phi) is 5.99. The lowest BCUT2D eigenvalue weighted by Crippen LogP contribution is -3.00. The Morgan fingerprint density at radius 3 is 2.26 bits per heavy atom. The van der Waals surface area contributed by atoms with Crippen molar-refractivity contribution in [3.05, 3.63) is 35.9 Å². The van der Waals surface area contributed by atoms with Crippen molar-refractivity contribution in [3.63, 3.8) is 0 Å². The fraction of sp³-hybridized carbons (Fsp3) is 0.600. The van der Waals surface area contributed by atoms with E-state index in [0.717, 1.165) is 37.0 Å². The van der Waals surface area contributed by atoms with Gasteiger partial charge >= 0.3 is 0 Å². The molecule has 19 heavy (non-hydrogen) atoms. The van der Waals surface area contributed by atoms with E-state index in [0.29, 0.717) is 6.42 Å². The third-order valence-electron chi connectivity index (χ3n) is 4.22. The summed E-state index contributed by atoms with van der Waals surface area (Å²) in [5, 5.41) is 19.3. The van der Waals surface area contributed by atoms with Crippen LogP contribution in [0.15, 0.2) is 30.3 Å². The molecule has 3 nitrogen and oxygen atoms in total. The molecular weight excluding hydrogens is 306 g/mol. The summed E-state index contributed by atoms with van der Waals surface area (Å²) in [4.78, 5) is 0. The molecule has 1 aromatic carbocycles. The van der Waals surface area contributed by atoms with Crippen LogP contribution in [0.4, 0.5) is 0 Å². The van der Waals surface area contributed by atoms with Crippen LogP contribution in [0.2, 0.25) is 0 Å². The van der Waals surface area contributed by atoms with E-state index in [1.54, 1.807) is 0 Å². The van der Waals surface area contributed by atoms with E-state index in [9.17, 15) is 5.11 Å². The summed E-state index contributed by atoms with van der Waals surface area (Å²) in [5.74, 6) is 0. The number of likely N-dealkylation sites (tertiary alicyclic amines) is 1. The maximum atomic E-state index is 10.3. The number of quaternary nitrogens is 1. The molecule has 1 aliphatic rings. The standard InChI is InChI=1S/C15H24NO2.BrH/c1-16(13-14-5-3-2-4-6-14)10-7-15(18,8-11-16)9-12-17;/h2-6,17-18H,7-13H2,1H3;1H/q+1;/p-1. The van der Waals surface area contributed by atoms with Gasteiger partial charge in [0.2, 0.25) is 0 Å². The van der Waals surface area contributed by atoms with Crippen LogP contribution in [0.25, 0.3) is 0 Å². The van der Waals surface area contributed by atoms with Crippen molar-refractivity contribution in [1.29, 1.82) is 0 Å². The summed E-state index contributed by atoms with van der Waals surface area (Å²) in [6.07, 6.45) is 2.09. The molecule has 1 saturated heterocycles. The number of rotatable bonds is 4. The quantitative estimate of drug-likeness (QED) is 0.663. The van der Waals surface area contributed by atoms with Crippen LogP contribution < -0.4 is 17.0 Å². The molecule has 2 N–H and O–H groups in total. The second kappa shape index (κ2) is 6.84. The fourth-order valence-electron chi connectivity index (χ4n) is 2.83. The topological polar surface area (TPSA) is 40.5 Å². The normalized spacial score (nSPS) is 30.7. The number of nitrogens with zero attached hydrogens (tertiary/aromatic N) is 1. The maximum absolute atomic E-state index is 10.3. The monoisotopic (exact) mass is 329 g/mol. The van der Waals surface area contributed by atoms with E-state index < -0.39 is 5.60 Å². The zero-order chi connectivity index (χ0) is 13.1. The van der Waals surface area contributed by atoms with Crippen LogP contribution in [0.5, 0.6) is 0 Å². The molecule has 0 radical (unpaired) electrons. The van der Waals surface area contributed by atoms with Crippen LogP contribution in [0, 0.1) is 0 Å². The third kappa shape index (κ3) is 4.56. The number of halogens is 1. The summed E-state index contributed by atoms with van der Waals surface area (Å²) in [6, 6.07) is 10.5. The number of hydrogen-bond donors (Lipinski definition) is 2. The number of benzene rings is 1. The number of piperidine rings is 1. The minimum Gasteiger partial charge on any atom is -1.00 e. The van der Waals surface area contributed by atoms with Gasteiger partial charge in [0.25, 0.3) is 0 Å². The predicted molar refractivity (Wildman–Crippen MR) is 72.0 cm³/mol. The Morgan fingerprint density at radius 1 is 1.16 bits per heavy atom. The highest BCUT2D eigenvalue weighted by Crippen LogP contribution is 2.29. The van der Waals surface area contributed by atoms with Crippen molar-refractivity contribution in [2.45, 2.75) is 31.4 Å². The Hall–Kier alpha value is -0.420. The summed E-state index contributed by atoms with van der Waals surface area (Å²) in [6.45, 7) is 3.06. The van der Waals surface area contributed by atoms with Crippen LogP contribution >= 0.6 is 0 Å². The summed E-state index contributed by atoms with van der Waals surface area (Å²) in [5.41, 5.74) is 0.719. The van der Waals surface area contributed by atoms with Crippen LogP contribution in [0.1, 0.15) is 24.8 Å². The van der Waals surface area contributed by atoms with Gasteiger partial charge in [0, 0.05) is 25.0 Å². The van der Waals surface area contributed by atoms with E-state index in [1.165, 1.54) is 5.56 Å². The lowest BCUT2D eigenvalue weighted by atomic mass is 9.87. The Balaban J connectivity index is 0.00000180. The molecule has 0 atom stereocenters. The Bertz CT molecular complexity index is 375. The molecule has 0 aromatic heterocycles. The van der Waals surface area contributed by atoms with E-state index in [1.807, 2.05) is 6.07 Å². The lowest BCUT2D eigenvalue weighted by Gasteiger charge is -2.44. The molecule has 1 aliphatic heterocycles. The van der Waals surface area contributed by atoms with Gasteiger partial charge in [-0.25, -0.2) is 0 Å². The van der Waals surface area contributed by atoms with Crippen molar-refractivity contribution < 1.29 is 31.7 Å². The molecule has 0 aliphatic carbocycles. The SMILES string of the molecule is C[N+]1(Cc2ccccc2)CCC(O)(CCO)CC1.[Br-].